The number of piperazine rings is 1. The minimum Gasteiger partial charge on any atom is -0.444 e. The summed E-state index contributed by atoms with van der Waals surface area (Å²) in [5.74, 6) is 0.561. The van der Waals surface area contributed by atoms with Crippen LogP contribution in [0.25, 0.3) is 0 Å². The van der Waals surface area contributed by atoms with Gasteiger partial charge >= 0.3 is 6.09 Å². The summed E-state index contributed by atoms with van der Waals surface area (Å²) in [6, 6.07) is 4.15. The number of nitrogens with zero attached hydrogens (tertiary/aromatic N) is 3. The van der Waals surface area contributed by atoms with Crippen LogP contribution in [0.4, 0.5) is 4.79 Å². The van der Waals surface area contributed by atoms with E-state index in [1.54, 1.807) is 16.2 Å². The van der Waals surface area contributed by atoms with E-state index in [9.17, 15) is 4.79 Å². The van der Waals surface area contributed by atoms with Crippen LogP contribution in [-0.4, -0.2) is 60.2 Å². The second-order valence-corrected chi connectivity index (χ2v) is 7.56. The molecule has 1 saturated heterocycles. The van der Waals surface area contributed by atoms with Crippen LogP contribution in [0.2, 0.25) is 0 Å². The van der Waals surface area contributed by atoms with Crippen LogP contribution in [0.1, 0.15) is 25.6 Å². The van der Waals surface area contributed by atoms with E-state index in [4.69, 9.17) is 10.5 Å². The lowest BCUT2D eigenvalue weighted by molar-refractivity contribution is 0.0186. The molecule has 0 saturated carbocycles. The van der Waals surface area contributed by atoms with Gasteiger partial charge in [-0.2, -0.15) is 0 Å². The molecule has 2 heterocycles. The van der Waals surface area contributed by atoms with Gasteiger partial charge in [-0.25, -0.2) is 4.79 Å². The standard InChI is InChI=1S/C16H26N4O2S/c1-16(2,3)22-15(21)20-10-8-19(9-11-20)14(17)18-7-6-13-5-4-12-23-13/h4-5,12H,6-11H2,1-3H3,(H2,17,18). The Hall–Kier alpha value is -1.76. The first-order chi connectivity index (χ1) is 10.8. The average Bonchev–Trinajstić information content (AvgIpc) is 2.99. The highest BCUT2D eigenvalue weighted by atomic mass is 32.1. The molecule has 2 rings (SSSR count). The summed E-state index contributed by atoms with van der Waals surface area (Å²) in [5, 5.41) is 2.07. The first-order valence-corrected chi connectivity index (χ1v) is 8.78. The van der Waals surface area contributed by atoms with Crippen molar-refractivity contribution in [3.8, 4) is 0 Å². The molecular weight excluding hydrogens is 312 g/mol. The summed E-state index contributed by atoms with van der Waals surface area (Å²) in [4.78, 5) is 21.5. The number of thiophene rings is 1. The summed E-state index contributed by atoms with van der Waals surface area (Å²) in [6.45, 7) is 8.91. The van der Waals surface area contributed by atoms with Gasteiger partial charge < -0.3 is 20.3 Å². The number of rotatable bonds is 3. The Morgan fingerprint density at radius 3 is 2.52 bits per heavy atom. The van der Waals surface area contributed by atoms with E-state index in [0.29, 0.717) is 38.7 Å². The fraction of sp³-hybridized carbons (Fsp3) is 0.625. The third-order valence-corrected chi connectivity index (χ3v) is 4.40. The number of guanidine groups is 1. The molecule has 0 spiro atoms. The fourth-order valence-electron chi connectivity index (χ4n) is 2.28. The zero-order valence-electron chi connectivity index (χ0n) is 14.1. The predicted octanol–water partition coefficient (Wildman–Crippen LogP) is 2.16. The van der Waals surface area contributed by atoms with Crippen LogP contribution in [0, 0.1) is 0 Å². The van der Waals surface area contributed by atoms with Crippen molar-refractivity contribution in [2.75, 3.05) is 32.7 Å². The molecule has 6 nitrogen and oxygen atoms in total. The molecule has 0 unspecified atom stereocenters. The number of carbonyl (C=O) groups excluding carboxylic acids is 1. The number of nitrogens with two attached hydrogens (primary N) is 1. The first kappa shape index (κ1) is 17.6. The normalized spacial score (nSPS) is 16.6. The molecule has 0 atom stereocenters. The van der Waals surface area contributed by atoms with Gasteiger partial charge in [-0.15, -0.1) is 11.3 Å². The number of hydrogen-bond donors (Lipinski definition) is 1. The van der Waals surface area contributed by atoms with Crippen molar-refractivity contribution < 1.29 is 9.53 Å². The van der Waals surface area contributed by atoms with E-state index in [1.807, 2.05) is 31.7 Å². The largest absolute Gasteiger partial charge is 0.444 e. The zero-order chi connectivity index (χ0) is 16.9. The van der Waals surface area contributed by atoms with Gasteiger partial charge in [0.15, 0.2) is 5.96 Å². The number of ether oxygens (including phenoxy) is 1. The van der Waals surface area contributed by atoms with Gasteiger partial charge in [-0.05, 0) is 32.2 Å². The van der Waals surface area contributed by atoms with Crippen molar-refractivity contribution >= 4 is 23.4 Å². The van der Waals surface area contributed by atoms with E-state index in [2.05, 4.69) is 16.4 Å². The molecule has 0 bridgehead atoms. The molecule has 0 aromatic carbocycles. The third kappa shape index (κ3) is 5.74. The molecule has 23 heavy (non-hydrogen) atoms. The van der Waals surface area contributed by atoms with Crippen LogP contribution in [0.5, 0.6) is 0 Å². The quantitative estimate of drug-likeness (QED) is 0.677. The number of carbonyl (C=O) groups is 1. The molecule has 1 aliphatic heterocycles. The van der Waals surface area contributed by atoms with E-state index in [-0.39, 0.29) is 6.09 Å². The Balaban J connectivity index is 1.75. The van der Waals surface area contributed by atoms with Gasteiger partial charge in [0.1, 0.15) is 5.60 Å². The van der Waals surface area contributed by atoms with Crippen molar-refractivity contribution in [1.29, 1.82) is 0 Å². The van der Waals surface area contributed by atoms with Crippen molar-refractivity contribution in [3.05, 3.63) is 22.4 Å². The Morgan fingerprint density at radius 1 is 1.30 bits per heavy atom. The Morgan fingerprint density at radius 2 is 1.96 bits per heavy atom. The molecular formula is C16H26N4O2S. The lowest BCUT2D eigenvalue weighted by atomic mass is 10.2. The molecule has 0 radical (unpaired) electrons. The molecule has 2 N–H and O–H groups in total. The number of aliphatic imine (C=N–C) groups is 1. The summed E-state index contributed by atoms with van der Waals surface area (Å²) < 4.78 is 5.39. The molecule has 7 heteroatoms. The molecule has 0 aliphatic carbocycles. The predicted molar refractivity (Wildman–Crippen MR) is 93.9 cm³/mol. The van der Waals surface area contributed by atoms with Crippen LogP contribution >= 0.6 is 11.3 Å². The van der Waals surface area contributed by atoms with Crippen LogP contribution in [0.15, 0.2) is 22.5 Å². The fourth-order valence-corrected chi connectivity index (χ4v) is 2.98. The molecule has 1 aromatic rings. The molecule has 1 fully saturated rings. The minimum absolute atomic E-state index is 0.259. The highest BCUT2D eigenvalue weighted by Gasteiger charge is 2.26. The van der Waals surface area contributed by atoms with Crippen molar-refractivity contribution in [3.63, 3.8) is 0 Å². The molecule has 128 valence electrons. The van der Waals surface area contributed by atoms with Crippen molar-refractivity contribution in [1.82, 2.24) is 9.80 Å². The lowest BCUT2D eigenvalue weighted by Crippen LogP contribution is -2.53. The second kappa shape index (κ2) is 7.68. The monoisotopic (exact) mass is 338 g/mol. The highest BCUT2D eigenvalue weighted by molar-refractivity contribution is 7.09. The Kier molecular flexibility index (Phi) is 5.87. The van der Waals surface area contributed by atoms with Gasteiger partial charge in [0.25, 0.3) is 0 Å². The highest BCUT2D eigenvalue weighted by Crippen LogP contribution is 2.12. The summed E-state index contributed by atoms with van der Waals surface area (Å²) in [5.41, 5.74) is 5.59. The summed E-state index contributed by atoms with van der Waals surface area (Å²) in [7, 11) is 0. The SMILES string of the molecule is CC(C)(C)OC(=O)N1CCN(C(N)=NCCc2cccs2)CC1. The van der Waals surface area contributed by atoms with Gasteiger partial charge in [-0.3, -0.25) is 4.99 Å². The molecule has 1 aliphatic rings. The topological polar surface area (TPSA) is 71.2 Å². The van der Waals surface area contributed by atoms with E-state index >= 15 is 0 Å². The third-order valence-electron chi connectivity index (χ3n) is 3.47. The van der Waals surface area contributed by atoms with Crippen molar-refractivity contribution in [2.45, 2.75) is 32.8 Å². The van der Waals surface area contributed by atoms with Crippen LogP contribution in [0.3, 0.4) is 0 Å². The molecule has 1 amide bonds. The lowest BCUT2D eigenvalue weighted by Gasteiger charge is -2.36. The van der Waals surface area contributed by atoms with Crippen LogP contribution in [-0.2, 0) is 11.2 Å². The number of amides is 1. The van der Waals surface area contributed by atoms with E-state index in [1.165, 1.54) is 4.88 Å². The Labute approximate surface area is 141 Å². The van der Waals surface area contributed by atoms with Gasteiger partial charge in [0.2, 0.25) is 0 Å². The summed E-state index contributed by atoms with van der Waals surface area (Å²) >= 11 is 1.74. The smallest absolute Gasteiger partial charge is 0.410 e. The zero-order valence-corrected chi connectivity index (χ0v) is 14.9. The minimum atomic E-state index is -0.462. The van der Waals surface area contributed by atoms with Gasteiger partial charge in [0, 0.05) is 44.0 Å². The van der Waals surface area contributed by atoms with E-state index < -0.39 is 5.60 Å². The maximum atomic E-state index is 12.0. The van der Waals surface area contributed by atoms with Crippen LogP contribution < -0.4 is 5.73 Å². The van der Waals surface area contributed by atoms with Gasteiger partial charge in [-0.1, -0.05) is 6.07 Å². The van der Waals surface area contributed by atoms with E-state index in [0.717, 1.165) is 6.42 Å². The molecule has 1 aromatic heterocycles. The average molecular weight is 338 g/mol. The second-order valence-electron chi connectivity index (χ2n) is 6.52. The maximum absolute atomic E-state index is 12.0. The van der Waals surface area contributed by atoms with Gasteiger partial charge in [0.05, 0.1) is 0 Å². The number of hydrogen-bond acceptors (Lipinski definition) is 4. The first-order valence-electron chi connectivity index (χ1n) is 7.90. The Bertz CT molecular complexity index is 529. The van der Waals surface area contributed by atoms with Crippen molar-refractivity contribution in [2.24, 2.45) is 10.7 Å². The maximum Gasteiger partial charge on any atom is 0.410 e. The summed E-state index contributed by atoms with van der Waals surface area (Å²) in [6.07, 6.45) is 0.654.